The highest BCUT2D eigenvalue weighted by Gasteiger charge is 2.18. The second-order valence-corrected chi connectivity index (χ2v) is 9.71. The van der Waals surface area contributed by atoms with Crippen LogP contribution in [0.25, 0.3) is 10.9 Å². The highest BCUT2D eigenvalue weighted by molar-refractivity contribution is 9.11. The summed E-state index contributed by atoms with van der Waals surface area (Å²) in [5.74, 6) is 0.208. The van der Waals surface area contributed by atoms with Crippen LogP contribution in [0.4, 0.5) is 5.69 Å². The predicted molar refractivity (Wildman–Crippen MR) is 128 cm³/mol. The van der Waals surface area contributed by atoms with Crippen molar-refractivity contribution >= 4 is 70.3 Å². The Kier molecular flexibility index (Phi) is 7.04. The van der Waals surface area contributed by atoms with Crippen LogP contribution < -0.4 is 4.74 Å². The van der Waals surface area contributed by atoms with Crippen LogP contribution in [0.15, 0.2) is 47.9 Å². The number of carbonyl (C=O) groups excluding carboxylic acids is 1. The van der Waals surface area contributed by atoms with Gasteiger partial charge in [0.2, 0.25) is 5.88 Å². The molecular weight excluding hydrogens is 582 g/mol. The van der Waals surface area contributed by atoms with Crippen molar-refractivity contribution in [1.29, 1.82) is 0 Å². The number of halogens is 3. The van der Waals surface area contributed by atoms with Gasteiger partial charge in [0.05, 0.1) is 9.99 Å². The van der Waals surface area contributed by atoms with E-state index >= 15 is 0 Å². The summed E-state index contributed by atoms with van der Waals surface area (Å²) in [5.41, 5.74) is 2.98. The van der Waals surface area contributed by atoms with Crippen LogP contribution in [0.3, 0.4) is 0 Å². The summed E-state index contributed by atoms with van der Waals surface area (Å²) in [6.45, 7) is 5.80. The molecule has 0 bridgehead atoms. The Morgan fingerprint density at radius 1 is 1.23 bits per heavy atom. The van der Waals surface area contributed by atoms with Crippen LogP contribution in [0, 0.1) is 6.92 Å². The van der Waals surface area contributed by atoms with Gasteiger partial charge in [0.1, 0.15) is 5.75 Å². The van der Waals surface area contributed by atoms with Gasteiger partial charge in [-0.15, -0.1) is 10.2 Å². The molecule has 0 fully saturated rings. The maximum Gasteiger partial charge on any atom is 0.302 e. The summed E-state index contributed by atoms with van der Waals surface area (Å²) in [7, 11) is 1.72. The molecule has 0 spiro atoms. The van der Waals surface area contributed by atoms with E-state index in [9.17, 15) is 9.90 Å². The van der Waals surface area contributed by atoms with Gasteiger partial charge in [0, 0.05) is 21.4 Å². The molecule has 0 unspecified atom stereocenters. The molecule has 1 aromatic heterocycles. The first-order valence-corrected chi connectivity index (χ1v) is 11.5. The van der Waals surface area contributed by atoms with Crippen molar-refractivity contribution in [1.82, 2.24) is 4.57 Å². The van der Waals surface area contributed by atoms with E-state index < -0.39 is 5.91 Å². The van der Waals surface area contributed by atoms with Gasteiger partial charge in [0.25, 0.3) is 0 Å². The minimum absolute atomic E-state index is 0.0612. The molecule has 9 heteroatoms. The van der Waals surface area contributed by atoms with Crippen molar-refractivity contribution in [3.63, 3.8) is 0 Å². The number of hydrogen-bond acceptors (Lipinski definition) is 4. The molecule has 0 aliphatic carbocycles. The molecule has 30 heavy (non-hydrogen) atoms. The van der Waals surface area contributed by atoms with Crippen LogP contribution in [0.1, 0.15) is 30.9 Å². The zero-order valence-electron chi connectivity index (χ0n) is 16.8. The smallest absolute Gasteiger partial charge is 0.302 e. The number of aromatic hydroxyl groups is 1. The van der Waals surface area contributed by atoms with Gasteiger partial charge < -0.3 is 14.4 Å². The molecule has 0 atom stereocenters. The van der Waals surface area contributed by atoms with E-state index in [2.05, 4.69) is 71.9 Å². The monoisotopic (exact) mass is 599 g/mol. The number of benzene rings is 2. The Bertz CT molecular complexity index is 1170. The lowest BCUT2D eigenvalue weighted by molar-refractivity contribution is -0.120. The third kappa shape index (κ3) is 4.48. The molecule has 1 amide bonds. The van der Waals surface area contributed by atoms with Crippen LogP contribution in [0.2, 0.25) is 0 Å². The average Bonchev–Trinajstić information content (AvgIpc) is 2.93. The van der Waals surface area contributed by atoms with Gasteiger partial charge in [-0.1, -0.05) is 45.7 Å². The molecule has 0 aliphatic heterocycles. The van der Waals surface area contributed by atoms with E-state index in [4.69, 9.17) is 4.74 Å². The van der Waals surface area contributed by atoms with Crippen molar-refractivity contribution < 1.29 is 14.6 Å². The quantitative estimate of drug-likeness (QED) is 0.312. The summed E-state index contributed by atoms with van der Waals surface area (Å²) < 4.78 is 10.00. The van der Waals surface area contributed by atoms with Gasteiger partial charge in [0.15, 0.2) is 12.3 Å². The summed E-state index contributed by atoms with van der Waals surface area (Å²) in [4.78, 5) is 12.3. The number of fused-ring (bicyclic) bond motifs is 1. The number of amides is 1. The first kappa shape index (κ1) is 23.0. The Hall–Kier alpha value is -1.71. The molecule has 158 valence electrons. The maximum absolute atomic E-state index is 12.3. The SMILES string of the molecule is Cc1c(Br)cc(C(C)C)c(OCC(=O)N=Nc2c(O)n(C)c3ccc(Br)cc23)c1Br. The van der Waals surface area contributed by atoms with Crippen LogP contribution in [-0.2, 0) is 11.8 Å². The van der Waals surface area contributed by atoms with E-state index in [0.717, 1.165) is 30.1 Å². The number of carbonyl (C=O) groups is 1. The molecule has 3 aromatic rings. The first-order valence-electron chi connectivity index (χ1n) is 9.14. The molecule has 0 aliphatic rings. The standard InChI is InChI=1S/C21H20Br3N3O3/c1-10(2)13-8-15(23)11(3)18(24)20(13)30-9-17(28)25-26-19-14-7-12(22)5-6-16(14)27(4)21(19)29/h5-8,10,29H,9H2,1-4H3. The molecule has 0 radical (unpaired) electrons. The van der Waals surface area contributed by atoms with E-state index in [1.807, 2.05) is 31.2 Å². The zero-order valence-corrected chi connectivity index (χ0v) is 21.6. The fourth-order valence-electron chi connectivity index (χ4n) is 3.04. The minimum Gasteiger partial charge on any atom is -0.493 e. The maximum atomic E-state index is 12.3. The van der Waals surface area contributed by atoms with Gasteiger partial charge in [-0.3, -0.25) is 4.79 Å². The first-order chi connectivity index (χ1) is 14.1. The van der Waals surface area contributed by atoms with E-state index in [1.54, 1.807) is 11.6 Å². The second-order valence-electron chi connectivity index (χ2n) is 7.15. The summed E-state index contributed by atoms with van der Waals surface area (Å²) >= 11 is 10.5. The van der Waals surface area contributed by atoms with Crippen molar-refractivity contribution in [2.45, 2.75) is 26.7 Å². The Labute approximate surface area is 199 Å². The number of nitrogens with zero attached hydrogens (tertiary/aromatic N) is 3. The van der Waals surface area contributed by atoms with E-state index in [0.29, 0.717) is 11.1 Å². The third-order valence-electron chi connectivity index (χ3n) is 4.76. The predicted octanol–water partition coefficient (Wildman–Crippen LogP) is 7.29. The highest BCUT2D eigenvalue weighted by Crippen LogP contribution is 2.41. The molecule has 1 N–H and O–H groups in total. The number of azo groups is 1. The number of rotatable bonds is 5. The van der Waals surface area contributed by atoms with Crippen molar-refractivity contribution in [3.05, 3.63) is 48.8 Å². The Morgan fingerprint density at radius 3 is 2.60 bits per heavy atom. The van der Waals surface area contributed by atoms with E-state index in [-0.39, 0.29) is 24.1 Å². The minimum atomic E-state index is -0.552. The number of aromatic nitrogens is 1. The van der Waals surface area contributed by atoms with Crippen molar-refractivity contribution in [2.75, 3.05) is 6.61 Å². The van der Waals surface area contributed by atoms with Gasteiger partial charge >= 0.3 is 5.91 Å². The van der Waals surface area contributed by atoms with Crippen molar-refractivity contribution in [3.8, 4) is 11.6 Å². The highest BCUT2D eigenvalue weighted by atomic mass is 79.9. The van der Waals surface area contributed by atoms with Gasteiger partial charge in [-0.05, 0) is 64.2 Å². The summed E-state index contributed by atoms with van der Waals surface area (Å²) in [6.07, 6.45) is 0. The normalized spacial score (nSPS) is 11.7. The molecule has 0 saturated carbocycles. The Morgan fingerprint density at radius 2 is 1.93 bits per heavy atom. The average molecular weight is 602 g/mol. The Balaban J connectivity index is 1.84. The lowest BCUT2D eigenvalue weighted by atomic mass is 10.0. The largest absolute Gasteiger partial charge is 0.493 e. The summed E-state index contributed by atoms with van der Waals surface area (Å²) in [6, 6.07) is 7.54. The number of hydrogen-bond donors (Lipinski definition) is 1. The molecular formula is C21H20Br3N3O3. The van der Waals surface area contributed by atoms with Crippen LogP contribution in [0.5, 0.6) is 11.6 Å². The third-order valence-corrected chi connectivity index (χ3v) is 7.03. The van der Waals surface area contributed by atoms with Crippen LogP contribution in [-0.4, -0.2) is 22.2 Å². The molecule has 2 aromatic carbocycles. The fourth-order valence-corrected chi connectivity index (χ4v) is 4.67. The van der Waals surface area contributed by atoms with Crippen LogP contribution >= 0.6 is 47.8 Å². The second kappa shape index (κ2) is 9.20. The molecule has 3 rings (SSSR count). The molecule has 6 nitrogen and oxygen atoms in total. The van der Waals surface area contributed by atoms with Gasteiger partial charge in [-0.25, -0.2) is 0 Å². The number of ether oxygens (including phenoxy) is 1. The fraction of sp³-hybridized carbons (Fsp3) is 0.286. The number of aryl methyl sites for hydroxylation is 1. The van der Waals surface area contributed by atoms with E-state index in [1.165, 1.54) is 0 Å². The van der Waals surface area contributed by atoms with Crippen molar-refractivity contribution in [2.24, 2.45) is 17.3 Å². The topological polar surface area (TPSA) is 76.2 Å². The molecule has 0 saturated heterocycles. The zero-order chi connectivity index (χ0) is 22.2. The summed E-state index contributed by atoms with van der Waals surface area (Å²) in [5, 5.41) is 18.8. The molecule has 1 heterocycles. The van der Waals surface area contributed by atoms with Gasteiger partial charge in [-0.2, -0.15) is 0 Å². The lowest BCUT2D eigenvalue weighted by Gasteiger charge is -2.17. The lowest BCUT2D eigenvalue weighted by Crippen LogP contribution is -2.10.